The summed E-state index contributed by atoms with van der Waals surface area (Å²) in [6.07, 6.45) is 4.44. The van der Waals surface area contributed by atoms with Crippen LogP contribution in [0.15, 0.2) is 60.9 Å². The number of hydrogen-bond donors (Lipinski definition) is 1. The summed E-state index contributed by atoms with van der Waals surface area (Å²) < 4.78 is 5.10. The highest BCUT2D eigenvalue weighted by Crippen LogP contribution is 2.16. The number of rotatable bonds is 7. The molecule has 138 valence electrons. The fourth-order valence-electron chi connectivity index (χ4n) is 2.48. The van der Waals surface area contributed by atoms with Crippen LogP contribution in [-0.2, 0) is 6.42 Å². The lowest BCUT2D eigenvalue weighted by Gasteiger charge is -2.17. The van der Waals surface area contributed by atoms with Crippen molar-refractivity contribution < 1.29 is 9.53 Å². The number of hydrogen-bond acceptors (Lipinski definition) is 6. The van der Waals surface area contributed by atoms with Gasteiger partial charge in [-0.3, -0.25) is 9.78 Å². The van der Waals surface area contributed by atoms with E-state index in [2.05, 4.69) is 20.5 Å². The number of nitrogens with one attached hydrogen (secondary N) is 1. The number of methoxy groups -OCH3 is 1. The third-order valence-electron chi connectivity index (χ3n) is 4.11. The van der Waals surface area contributed by atoms with Crippen LogP contribution in [0.2, 0.25) is 0 Å². The van der Waals surface area contributed by atoms with Crippen LogP contribution >= 0.6 is 0 Å². The lowest BCUT2D eigenvalue weighted by atomic mass is 10.2. The normalized spacial score (nSPS) is 10.3. The molecular formula is C20H21N5O2. The highest BCUT2D eigenvalue weighted by Gasteiger charge is 2.10. The first-order valence-corrected chi connectivity index (χ1v) is 8.55. The number of nitrogens with zero attached hydrogens (tertiary/aromatic N) is 4. The first kappa shape index (κ1) is 18.3. The number of anilines is 2. The van der Waals surface area contributed by atoms with E-state index < -0.39 is 0 Å². The Morgan fingerprint density at radius 1 is 1.04 bits per heavy atom. The van der Waals surface area contributed by atoms with Gasteiger partial charge in [-0.05, 0) is 60.5 Å². The van der Waals surface area contributed by atoms with Gasteiger partial charge in [0.1, 0.15) is 5.75 Å². The largest absolute Gasteiger partial charge is 0.497 e. The Bertz CT molecular complexity index is 867. The quantitative estimate of drug-likeness (QED) is 0.695. The van der Waals surface area contributed by atoms with Crippen LogP contribution in [0.4, 0.5) is 11.5 Å². The van der Waals surface area contributed by atoms with E-state index in [1.54, 1.807) is 55.9 Å². The van der Waals surface area contributed by atoms with Gasteiger partial charge in [0.2, 0.25) is 0 Å². The molecule has 0 aliphatic heterocycles. The van der Waals surface area contributed by atoms with Crippen LogP contribution < -0.4 is 15.0 Å². The van der Waals surface area contributed by atoms with E-state index in [1.165, 1.54) is 5.56 Å². The van der Waals surface area contributed by atoms with Crippen molar-refractivity contribution in [2.75, 3.05) is 30.9 Å². The number of aromatic nitrogens is 3. The van der Waals surface area contributed by atoms with Crippen LogP contribution in [0.3, 0.4) is 0 Å². The number of ether oxygens (including phenoxy) is 1. The highest BCUT2D eigenvalue weighted by atomic mass is 16.5. The van der Waals surface area contributed by atoms with Gasteiger partial charge in [0.05, 0.1) is 7.11 Å². The topological polar surface area (TPSA) is 80.2 Å². The van der Waals surface area contributed by atoms with Gasteiger partial charge in [-0.1, -0.05) is 0 Å². The van der Waals surface area contributed by atoms with Gasteiger partial charge in [-0.2, -0.15) is 0 Å². The molecule has 3 aromatic rings. The van der Waals surface area contributed by atoms with Gasteiger partial charge >= 0.3 is 0 Å². The number of carbonyl (C=O) groups is 1. The molecule has 0 unspecified atom stereocenters. The zero-order valence-corrected chi connectivity index (χ0v) is 15.3. The number of carbonyl (C=O) groups excluding carboxylic acids is 1. The summed E-state index contributed by atoms with van der Waals surface area (Å²) in [6, 6.07) is 14.5. The minimum absolute atomic E-state index is 0.261. The Hall–Kier alpha value is -3.48. The molecule has 0 bridgehead atoms. The van der Waals surface area contributed by atoms with Crippen molar-refractivity contribution in [3.05, 3.63) is 72.2 Å². The zero-order valence-electron chi connectivity index (χ0n) is 15.3. The molecule has 1 amide bonds. The third-order valence-corrected chi connectivity index (χ3v) is 4.11. The Balaban J connectivity index is 1.57. The molecule has 0 atom stereocenters. The molecule has 0 saturated carbocycles. The Kier molecular flexibility index (Phi) is 5.94. The molecule has 0 aliphatic carbocycles. The number of pyridine rings is 1. The molecule has 7 nitrogen and oxygen atoms in total. The maximum Gasteiger partial charge on any atom is 0.276 e. The summed E-state index contributed by atoms with van der Waals surface area (Å²) >= 11 is 0. The lowest BCUT2D eigenvalue weighted by Crippen LogP contribution is -2.22. The van der Waals surface area contributed by atoms with Crippen LogP contribution in [0, 0.1) is 0 Å². The summed E-state index contributed by atoms with van der Waals surface area (Å²) in [5.41, 5.74) is 2.14. The van der Waals surface area contributed by atoms with E-state index >= 15 is 0 Å². The van der Waals surface area contributed by atoms with Crippen molar-refractivity contribution in [3.8, 4) is 5.75 Å². The zero-order chi connectivity index (χ0) is 19.1. The fourth-order valence-corrected chi connectivity index (χ4v) is 2.48. The third kappa shape index (κ3) is 5.01. The van der Waals surface area contributed by atoms with Crippen molar-refractivity contribution in [2.45, 2.75) is 6.42 Å². The van der Waals surface area contributed by atoms with Crippen molar-refractivity contribution in [2.24, 2.45) is 0 Å². The second-order valence-corrected chi connectivity index (χ2v) is 5.99. The minimum Gasteiger partial charge on any atom is -0.497 e. The Morgan fingerprint density at radius 2 is 1.78 bits per heavy atom. The molecule has 2 heterocycles. The second kappa shape index (κ2) is 8.75. The summed E-state index contributed by atoms with van der Waals surface area (Å²) in [5.74, 6) is 1.13. The van der Waals surface area contributed by atoms with E-state index in [9.17, 15) is 4.79 Å². The van der Waals surface area contributed by atoms with E-state index in [0.717, 1.165) is 18.7 Å². The maximum atomic E-state index is 12.3. The van der Waals surface area contributed by atoms with Gasteiger partial charge in [-0.15, -0.1) is 10.2 Å². The van der Waals surface area contributed by atoms with Crippen LogP contribution in [0.1, 0.15) is 16.1 Å². The highest BCUT2D eigenvalue weighted by molar-refractivity contribution is 6.02. The van der Waals surface area contributed by atoms with E-state index in [4.69, 9.17) is 4.74 Å². The molecular weight excluding hydrogens is 342 g/mol. The first-order chi connectivity index (χ1) is 13.2. The van der Waals surface area contributed by atoms with Crippen molar-refractivity contribution in [3.63, 3.8) is 0 Å². The van der Waals surface area contributed by atoms with Gasteiger partial charge in [0, 0.05) is 31.7 Å². The van der Waals surface area contributed by atoms with E-state index in [0.29, 0.717) is 11.5 Å². The van der Waals surface area contributed by atoms with Crippen LogP contribution in [0.5, 0.6) is 5.75 Å². The van der Waals surface area contributed by atoms with Crippen LogP contribution in [0.25, 0.3) is 0 Å². The number of likely N-dealkylation sites (N-methyl/N-ethyl adjacent to an activating group) is 1. The van der Waals surface area contributed by atoms with Crippen molar-refractivity contribution >= 4 is 17.4 Å². The summed E-state index contributed by atoms with van der Waals surface area (Å²) in [5, 5.41) is 11.0. The van der Waals surface area contributed by atoms with Gasteiger partial charge in [0.15, 0.2) is 11.5 Å². The summed E-state index contributed by atoms with van der Waals surface area (Å²) in [6.45, 7) is 0.788. The molecule has 27 heavy (non-hydrogen) atoms. The molecule has 0 saturated heterocycles. The lowest BCUT2D eigenvalue weighted by molar-refractivity contribution is 0.102. The summed E-state index contributed by atoms with van der Waals surface area (Å²) in [4.78, 5) is 18.3. The molecule has 2 aromatic heterocycles. The van der Waals surface area contributed by atoms with Crippen molar-refractivity contribution in [1.82, 2.24) is 15.2 Å². The minimum atomic E-state index is -0.307. The second-order valence-electron chi connectivity index (χ2n) is 5.99. The molecule has 1 N–H and O–H groups in total. The standard InChI is InChI=1S/C20H21N5O2/c1-25(14-11-15-9-12-21-13-10-15)19-8-7-18(23-24-19)20(26)22-16-3-5-17(27-2)6-4-16/h3-10,12-13H,11,14H2,1-2H3,(H,22,26). The van der Waals surface area contributed by atoms with Gasteiger partial charge in [-0.25, -0.2) is 0 Å². The number of amides is 1. The SMILES string of the molecule is COc1ccc(NC(=O)c2ccc(N(C)CCc3ccncc3)nn2)cc1. The van der Waals surface area contributed by atoms with E-state index in [1.807, 2.05) is 24.1 Å². The molecule has 3 rings (SSSR count). The average molecular weight is 363 g/mol. The molecule has 1 aromatic carbocycles. The van der Waals surface area contributed by atoms with Crippen LogP contribution in [-0.4, -0.2) is 41.8 Å². The Labute approximate surface area is 158 Å². The molecule has 0 radical (unpaired) electrons. The Morgan fingerprint density at radius 3 is 2.41 bits per heavy atom. The monoisotopic (exact) mass is 363 g/mol. The molecule has 0 fully saturated rings. The molecule has 7 heteroatoms. The summed E-state index contributed by atoms with van der Waals surface area (Å²) in [7, 11) is 3.54. The average Bonchev–Trinajstić information content (AvgIpc) is 2.73. The number of benzene rings is 1. The smallest absolute Gasteiger partial charge is 0.276 e. The first-order valence-electron chi connectivity index (χ1n) is 8.55. The van der Waals surface area contributed by atoms with Crippen molar-refractivity contribution in [1.29, 1.82) is 0 Å². The predicted molar refractivity (Wildman–Crippen MR) is 104 cm³/mol. The van der Waals surface area contributed by atoms with E-state index in [-0.39, 0.29) is 11.6 Å². The molecule has 0 spiro atoms. The van der Waals surface area contributed by atoms with Gasteiger partial charge in [0.25, 0.3) is 5.91 Å². The van der Waals surface area contributed by atoms with Gasteiger partial charge < -0.3 is 15.0 Å². The maximum absolute atomic E-state index is 12.3. The predicted octanol–water partition coefficient (Wildman–Crippen LogP) is 2.81. The molecule has 0 aliphatic rings. The fraction of sp³-hybridized carbons (Fsp3) is 0.200.